The fourth-order valence-electron chi connectivity index (χ4n) is 4.04. The topological polar surface area (TPSA) is 96.6 Å². The van der Waals surface area contributed by atoms with E-state index in [1.54, 1.807) is 48.5 Å². The normalized spacial score (nSPS) is 11.3. The minimum atomic E-state index is -0.590. The molecule has 158 valence electrons. The molecule has 5 rings (SSSR count). The van der Waals surface area contributed by atoms with Gasteiger partial charge in [0.2, 0.25) is 0 Å². The lowest BCUT2D eigenvalue weighted by molar-refractivity contribution is 0.412. The van der Waals surface area contributed by atoms with Crippen molar-refractivity contribution in [1.82, 2.24) is 9.13 Å². The molecule has 0 fully saturated rings. The highest BCUT2D eigenvalue weighted by Gasteiger charge is 2.22. The van der Waals surface area contributed by atoms with E-state index in [1.165, 1.54) is 26.4 Å². The molecule has 8 nitrogen and oxygen atoms in total. The van der Waals surface area contributed by atoms with Crippen molar-refractivity contribution in [3.8, 4) is 22.9 Å². The van der Waals surface area contributed by atoms with Crippen molar-refractivity contribution in [2.75, 3.05) is 14.2 Å². The Morgan fingerprint density at radius 1 is 0.531 bits per heavy atom. The SMILES string of the molecule is COc1ccccc1-n1c(=O)c2cc3c(=O)n(-c4ccccc4OC)c(=O)c3cc2c1=O. The van der Waals surface area contributed by atoms with E-state index in [2.05, 4.69) is 0 Å². The van der Waals surface area contributed by atoms with Gasteiger partial charge < -0.3 is 9.47 Å². The summed E-state index contributed by atoms with van der Waals surface area (Å²) in [7, 11) is 2.88. The first-order chi connectivity index (χ1) is 15.5. The molecule has 32 heavy (non-hydrogen) atoms. The van der Waals surface area contributed by atoms with Crippen LogP contribution in [-0.4, -0.2) is 23.4 Å². The predicted molar refractivity (Wildman–Crippen MR) is 121 cm³/mol. The Morgan fingerprint density at radius 2 is 0.844 bits per heavy atom. The third-order valence-electron chi connectivity index (χ3n) is 5.54. The Bertz CT molecular complexity index is 1530. The van der Waals surface area contributed by atoms with Gasteiger partial charge in [0.15, 0.2) is 0 Å². The summed E-state index contributed by atoms with van der Waals surface area (Å²) in [6.07, 6.45) is 0. The number of rotatable bonds is 4. The summed E-state index contributed by atoms with van der Waals surface area (Å²) in [5.41, 5.74) is -1.78. The number of fused-ring (bicyclic) bond motifs is 2. The molecule has 0 N–H and O–H groups in total. The molecule has 2 heterocycles. The minimum Gasteiger partial charge on any atom is -0.495 e. The van der Waals surface area contributed by atoms with Crippen LogP contribution in [0.2, 0.25) is 0 Å². The van der Waals surface area contributed by atoms with Crippen LogP contribution in [0.5, 0.6) is 11.5 Å². The van der Waals surface area contributed by atoms with Crippen LogP contribution in [0.1, 0.15) is 0 Å². The number of hydrogen-bond donors (Lipinski definition) is 0. The zero-order valence-corrected chi connectivity index (χ0v) is 17.1. The first-order valence-corrected chi connectivity index (χ1v) is 9.69. The molecule has 2 aromatic heterocycles. The highest BCUT2D eigenvalue weighted by atomic mass is 16.5. The quantitative estimate of drug-likeness (QED) is 0.434. The van der Waals surface area contributed by atoms with Gasteiger partial charge >= 0.3 is 0 Å². The maximum atomic E-state index is 13.1. The van der Waals surface area contributed by atoms with E-state index < -0.39 is 22.2 Å². The van der Waals surface area contributed by atoms with Gasteiger partial charge in [0.25, 0.3) is 22.2 Å². The van der Waals surface area contributed by atoms with Crippen LogP contribution in [0.25, 0.3) is 32.9 Å². The third kappa shape index (κ3) is 2.56. The molecule has 3 aromatic carbocycles. The van der Waals surface area contributed by atoms with Gasteiger partial charge in [-0.15, -0.1) is 0 Å². The summed E-state index contributed by atoms with van der Waals surface area (Å²) in [5.74, 6) is 0.702. The smallest absolute Gasteiger partial charge is 0.266 e. The number of nitrogens with zero attached hydrogens (tertiary/aromatic N) is 2. The molecule has 0 radical (unpaired) electrons. The number of ether oxygens (including phenoxy) is 2. The van der Waals surface area contributed by atoms with Gasteiger partial charge in [-0.05, 0) is 36.4 Å². The molecule has 0 bridgehead atoms. The van der Waals surface area contributed by atoms with Gasteiger partial charge in [0.1, 0.15) is 11.5 Å². The first kappa shape index (κ1) is 19.5. The van der Waals surface area contributed by atoms with E-state index >= 15 is 0 Å². The van der Waals surface area contributed by atoms with Crippen LogP contribution in [-0.2, 0) is 0 Å². The molecule has 0 saturated heterocycles. The fourth-order valence-corrected chi connectivity index (χ4v) is 4.04. The second kappa shape index (κ2) is 7.05. The Morgan fingerprint density at radius 3 is 1.16 bits per heavy atom. The molecule has 0 amide bonds. The van der Waals surface area contributed by atoms with E-state index in [-0.39, 0.29) is 32.9 Å². The van der Waals surface area contributed by atoms with Crippen LogP contribution >= 0.6 is 0 Å². The van der Waals surface area contributed by atoms with Crippen molar-refractivity contribution in [2.45, 2.75) is 0 Å². The van der Waals surface area contributed by atoms with E-state index in [0.717, 1.165) is 9.13 Å². The third-order valence-corrected chi connectivity index (χ3v) is 5.54. The highest BCUT2D eigenvalue weighted by Crippen LogP contribution is 2.24. The van der Waals surface area contributed by atoms with Gasteiger partial charge in [-0.3, -0.25) is 19.2 Å². The van der Waals surface area contributed by atoms with E-state index in [0.29, 0.717) is 11.5 Å². The maximum Gasteiger partial charge on any atom is 0.266 e. The Balaban J connectivity index is 1.86. The predicted octanol–water partition coefficient (Wildman–Crippen LogP) is 1.91. The highest BCUT2D eigenvalue weighted by molar-refractivity contribution is 5.98. The van der Waals surface area contributed by atoms with Crippen LogP contribution in [0.15, 0.2) is 79.8 Å². The Hall–Kier alpha value is -4.46. The van der Waals surface area contributed by atoms with Gasteiger partial charge in [-0.25, -0.2) is 9.13 Å². The fraction of sp³-hybridized carbons (Fsp3) is 0.0833. The van der Waals surface area contributed by atoms with Crippen LogP contribution in [0.3, 0.4) is 0 Å². The number of aromatic nitrogens is 2. The second-order valence-corrected chi connectivity index (χ2v) is 7.18. The van der Waals surface area contributed by atoms with Crippen molar-refractivity contribution in [2.24, 2.45) is 0 Å². The van der Waals surface area contributed by atoms with Crippen molar-refractivity contribution in [3.05, 3.63) is 102 Å². The maximum absolute atomic E-state index is 13.1. The molecule has 8 heteroatoms. The summed E-state index contributed by atoms with van der Waals surface area (Å²) < 4.78 is 12.5. The summed E-state index contributed by atoms with van der Waals surface area (Å²) in [4.78, 5) is 52.5. The Labute approximate surface area is 179 Å². The van der Waals surface area contributed by atoms with Gasteiger partial charge in [-0.1, -0.05) is 24.3 Å². The molecule has 0 aliphatic rings. The number of hydrogen-bond acceptors (Lipinski definition) is 6. The average Bonchev–Trinajstić information content (AvgIpc) is 3.21. The lowest BCUT2D eigenvalue weighted by Gasteiger charge is -2.07. The first-order valence-electron chi connectivity index (χ1n) is 9.69. The van der Waals surface area contributed by atoms with Crippen molar-refractivity contribution in [3.63, 3.8) is 0 Å². The molecular formula is C24H16N2O6. The largest absolute Gasteiger partial charge is 0.495 e. The zero-order valence-electron chi connectivity index (χ0n) is 17.1. The number of methoxy groups -OCH3 is 2. The second-order valence-electron chi connectivity index (χ2n) is 7.18. The molecule has 0 saturated carbocycles. The summed E-state index contributed by atoms with van der Waals surface area (Å²) in [6, 6.07) is 15.9. The number of benzene rings is 3. The Kier molecular flexibility index (Phi) is 4.30. The standard InChI is InChI=1S/C24H16N2O6/c1-31-19-9-5-3-7-17(19)25-21(27)13-11-15-16(12-14(13)22(25)28)24(30)26(23(15)29)18-8-4-6-10-20(18)32-2/h3-12H,1-2H3. The molecule has 0 atom stereocenters. The lowest BCUT2D eigenvalue weighted by Crippen LogP contribution is -2.24. The average molecular weight is 428 g/mol. The van der Waals surface area contributed by atoms with Crippen LogP contribution in [0, 0.1) is 0 Å². The minimum absolute atomic E-state index is 0.0580. The summed E-state index contributed by atoms with van der Waals surface area (Å²) in [5, 5.41) is 0.232. The molecule has 5 aromatic rings. The monoisotopic (exact) mass is 428 g/mol. The van der Waals surface area contributed by atoms with Crippen molar-refractivity contribution >= 4 is 21.5 Å². The van der Waals surface area contributed by atoms with E-state index in [1.807, 2.05) is 0 Å². The van der Waals surface area contributed by atoms with E-state index in [4.69, 9.17) is 9.47 Å². The molecular weight excluding hydrogens is 412 g/mol. The van der Waals surface area contributed by atoms with Gasteiger partial charge in [-0.2, -0.15) is 0 Å². The van der Waals surface area contributed by atoms with Gasteiger partial charge in [0.05, 0.1) is 47.1 Å². The van der Waals surface area contributed by atoms with Crippen molar-refractivity contribution < 1.29 is 9.47 Å². The molecule has 0 spiro atoms. The summed E-state index contributed by atoms with van der Waals surface area (Å²) in [6.45, 7) is 0. The molecule has 0 aliphatic heterocycles. The van der Waals surface area contributed by atoms with E-state index in [9.17, 15) is 19.2 Å². The summed E-state index contributed by atoms with van der Waals surface area (Å²) >= 11 is 0. The van der Waals surface area contributed by atoms with Crippen LogP contribution < -0.4 is 31.7 Å². The molecule has 0 aliphatic carbocycles. The number of para-hydroxylation sites is 4. The molecule has 0 unspecified atom stereocenters. The van der Waals surface area contributed by atoms with Gasteiger partial charge in [0, 0.05) is 0 Å². The zero-order chi connectivity index (χ0) is 22.6. The van der Waals surface area contributed by atoms with Crippen LogP contribution in [0.4, 0.5) is 0 Å². The lowest BCUT2D eigenvalue weighted by atomic mass is 10.1. The van der Waals surface area contributed by atoms with Crippen molar-refractivity contribution in [1.29, 1.82) is 0 Å².